The van der Waals surface area contributed by atoms with Crippen LogP contribution in [0.15, 0.2) is 67.3 Å². The molecule has 0 amide bonds. The first-order valence-corrected chi connectivity index (χ1v) is 9.22. The van der Waals surface area contributed by atoms with Crippen molar-refractivity contribution in [3.63, 3.8) is 0 Å². The number of anilines is 2. The smallest absolute Gasteiger partial charge is 0.150 e. The molecule has 148 valence electrons. The first-order valence-electron chi connectivity index (χ1n) is 9.22. The van der Waals surface area contributed by atoms with Crippen molar-refractivity contribution in [1.29, 1.82) is 0 Å². The van der Waals surface area contributed by atoms with Crippen molar-refractivity contribution in [2.45, 2.75) is 6.23 Å². The molecular formula is C21H23N7O. The zero-order valence-corrected chi connectivity index (χ0v) is 16.6. The van der Waals surface area contributed by atoms with Gasteiger partial charge in [0.2, 0.25) is 0 Å². The highest BCUT2D eigenvalue weighted by atomic mass is 16.3. The average Bonchev–Trinajstić information content (AvgIpc) is 3.37. The Kier molecular flexibility index (Phi) is 5.01. The van der Waals surface area contributed by atoms with E-state index < -0.39 is 6.23 Å². The third-order valence-corrected chi connectivity index (χ3v) is 4.69. The van der Waals surface area contributed by atoms with E-state index in [0.29, 0.717) is 0 Å². The summed E-state index contributed by atoms with van der Waals surface area (Å²) in [6.45, 7) is 0. The van der Waals surface area contributed by atoms with Crippen LogP contribution in [-0.4, -0.2) is 43.7 Å². The largest absolute Gasteiger partial charge is 0.378 e. The quantitative estimate of drug-likeness (QED) is 0.494. The summed E-state index contributed by atoms with van der Waals surface area (Å²) in [5.74, 6) is 0. The summed E-state index contributed by atoms with van der Waals surface area (Å²) in [5, 5.41) is 22.3. The van der Waals surface area contributed by atoms with Gasteiger partial charge in [-0.3, -0.25) is 0 Å². The van der Waals surface area contributed by atoms with Gasteiger partial charge < -0.3 is 19.9 Å². The number of rotatable bonds is 6. The van der Waals surface area contributed by atoms with Gasteiger partial charge in [0.15, 0.2) is 6.23 Å². The van der Waals surface area contributed by atoms with Crippen molar-refractivity contribution in [1.82, 2.24) is 24.5 Å². The second-order valence-corrected chi connectivity index (χ2v) is 7.02. The molecule has 1 atom stereocenters. The number of aryl methyl sites for hydroxylation is 1. The molecule has 2 aromatic carbocycles. The highest BCUT2D eigenvalue weighted by Crippen LogP contribution is 2.23. The fraction of sp³-hybridized carbons (Fsp3) is 0.190. The monoisotopic (exact) mass is 389 g/mol. The van der Waals surface area contributed by atoms with Crippen LogP contribution < -0.4 is 10.2 Å². The molecule has 2 heterocycles. The van der Waals surface area contributed by atoms with Gasteiger partial charge in [-0.25, -0.2) is 9.67 Å². The predicted octanol–water partition coefficient (Wildman–Crippen LogP) is 2.84. The maximum absolute atomic E-state index is 10.7. The Balaban J connectivity index is 1.55. The van der Waals surface area contributed by atoms with E-state index in [4.69, 9.17) is 0 Å². The van der Waals surface area contributed by atoms with E-state index in [1.165, 1.54) is 0 Å². The van der Waals surface area contributed by atoms with Crippen LogP contribution in [0.1, 0.15) is 11.8 Å². The van der Waals surface area contributed by atoms with Gasteiger partial charge in [0.05, 0.1) is 30.1 Å². The van der Waals surface area contributed by atoms with Crippen LogP contribution in [0.25, 0.3) is 17.1 Å². The maximum atomic E-state index is 10.7. The number of aromatic nitrogens is 5. The molecule has 29 heavy (non-hydrogen) atoms. The summed E-state index contributed by atoms with van der Waals surface area (Å²) < 4.78 is 3.57. The highest BCUT2D eigenvalue weighted by Gasteiger charge is 2.12. The Morgan fingerprint density at radius 1 is 1.10 bits per heavy atom. The van der Waals surface area contributed by atoms with Gasteiger partial charge in [0.25, 0.3) is 0 Å². The third-order valence-electron chi connectivity index (χ3n) is 4.69. The van der Waals surface area contributed by atoms with Gasteiger partial charge in [-0.15, -0.1) is 5.10 Å². The molecule has 0 aliphatic heterocycles. The Morgan fingerprint density at radius 2 is 1.93 bits per heavy atom. The van der Waals surface area contributed by atoms with Crippen LogP contribution in [0.4, 0.5) is 11.4 Å². The summed E-state index contributed by atoms with van der Waals surface area (Å²) in [7, 11) is 5.88. The SMILES string of the molecule is CN(C)c1cccc(NC(O)c2cccc(-n3cc(-c4cncn4C)nn3)c2)c1. The van der Waals surface area contributed by atoms with Crippen molar-refractivity contribution in [3.05, 3.63) is 72.8 Å². The Labute approximate surface area is 169 Å². The van der Waals surface area contributed by atoms with Crippen LogP contribution in [0.5, 0.6) is 0 Å². The van der Waals surface area contributed by atoms with Gasteiger partial charge in [-0.1, -0.05) is 23.4 Å². The van der Waals surface area contributed by atoms with E-state index in [-0.39, 0.29) is 0 Å². The number of nitrogens with one attached hydrogen (secondary N) is 1. The molecule has 8 nitrogen and oxygen atoms in total. The van der Waals surface area contributed by atoms with Gasteiger partial charge in [-0.2, -0.15) is 0 Å². The average molecular weight is 389 g/mol. The lowest BCUT2D eigenvalue weighted by Crippen LogP contribution is -2.12. The molecule has 2 N–H and O–H groups in total. The second-order valence-electron chi connectivity index (χ2n) is 7.02. The molecule has 8 heteroatoms. The minimum atomic E-state index is -0.854. The van der Waals surface area contributed by atoms with Crippen LogP contribution in [0.2, 0.25) is 0 Å². The second kappa shape index (κ2) is 7.76. The minimum Gasteiger partial charge on any atom is -0.378 e. The Morgan fingerprint density at radius 3 is 2.69 bits per heavy atom. The summed E-state index contributed by atoms with van der Waals surface area (Å²) in [4.78, 5) is 6.13. The van der Waals surface area contributed by atoms with Crippen LogP contribution in [0.3, 0.4) is 0 Å². The number of aliphatic hydroxyl groups is 1. The normalized spacial score (nSPS) is 12.0. The third kappa shape index (κ3) is 3.97. The number of hydrogen-bond acceptors (Lipinski definition) is 6. The fourth-order valence-corrected chi connectivity index (χ4v) is 3.06. The van der Waals surface area contributed by atoms with E-state index in [2.05, 4.69) is 20.6 Å². The number of benzene rings is 2. The van der Waals surface area contributed by atoms with Crippen molar-refractivity contribution in [3.8, 4) is 17.1 Å². The van der Waals surface area contributed by atoms with Crippen LogP contribution >= 0.6 is 0 Å². The summed E-state index contributed by atoms with van der Waals surface area (Å²) >= 11 is 0. The van der Waals surface area contributed by atoms with E-state index in [9.17, 15) is 5.11 Å². The van der Waals surface area contributed by atoms with E-state index in [0.717, 1.165) is 34.0 Å². The molecule has 0 radical (unpaired) electrons. The Bertz CT molecular complexity index is 1120. The lowest BCUT2D eigenvalue weighted by molar-refractivity contribution is 0.208. The standard InChI is InChI=1S/C21H23N7O/c1-26(2)17-8-5-7-16(11-17)23-21(29)15-6-4-9-18(10-15)28-13-19(24-25-28)20-12-22-14-27(20)3/h4-14,21,23,29H,1-3H3. The lowest BCUT2D eigenvalue weighted by atomic mass is 10.1. The van der Waals surface area contributed by atoms with E-state index >= 15 is 0 Å². The number of aliphatic hydroxyl groups excluding tert-OH is 1. The highest BCUT2D eigenvalue weighted by molar-refractivity contribution is 5.58. The number of imidazole rings is 1. The maximum Gasteiger partial charge on any atom is 0.150 e. The Hall–Kier alpha value is -3.65. The lowest BCUT2D eigenvalue weighted by Gasteiger charge is -2.18. The molecule has 4 aromatic rings. The van der Waals surface area contributed by atoms with Crippen molar-refractivity contribution in [2.75, 3.05) is 24.3 Å². The van der Waals surface area contributed by atoms with Gasteiger partial charge in [0.1, 0.15) is 5.69 Å². The molecule has 2 aromatic heterocycles. The zero-order valence-electron chi connectivity index (χ0n) is 16.6. The molecule has 0 spiro atoms. The fourth-order valence-electron chi connectivity index (χ4n) is 3.06. The molecule has 0 fully saturated rings. The van der Waals surface area contributed by atoms with Crippen LogP contribution in [0, 0.1) is 0 Å². The van der Waals surface area contributed by atoms with Crippen molar-refractivity contribution >= 4 is 11.4 Å². The molecule has 0 bridgehead atoms. The summed E-state index contributed by atoms with van der Waals surface area (Å²) in [6, 6.07) is 15.5. The first kappa shape index (κ1) is 18.7. The van der Waals surface area contributed by atoms with Crippen molar-refractivity contribution in [2.24, 2.45) is 7.05 Å². The molecule has 1 unspecified atom stereocenters. The first-order chi connectivity index (χ1) is 14.0. The zero-order chi connectivity index (χ0) is 20.4. The van der Waals surface area contributed by atoms with Gasteiger partial charge in [0, 0.05) is 38.1 Å². The molecule has 0 aliphatic rings. The molecule has 0 saturated carbocycles. The molecular weight excluding hydrogens is 366 g/mol. The van der Waals surface area contributed by atoms with E-state index in [1.807, 2.05) is 85.3 Å². The number of nitrogens with zero attached hydrogens (tertiary/aromatic N) is 6. The summed E-state index contributed by atoms with van der Waals surface area (Å²) in [6.07, 6.45) is 4.46. The molecule has 0 saturated heterocycles. The van der Waals surface area contributed by atoms with Crippen LogP contribution in [-0.2, 0) is 7.05 Å². The predicted molar refractivity (Wildman–Crippen MR) is 113 cm³/mol. The topological polar surface area (TPSA) is 84.0 Å². The van der Waals surface area contributed by atoms with Gasteiger partial charge in [-0.05, 0) is 30.3 Å². The number of hydrogen-bond donors (Lipinski definition) is 2. The van der Waals surface area contributed by atoms with Gasteiger partial charge >= 0.3 is 0 Å². The minimum absolute atomic E-state index is 0.731. The van der Waals surface area contributed by atoms with Crippen molar-refractivity contribution < 1.29 is 5.11 Å². The summed E-state index contributed by atoms with van der Waals surface area (Å²) in [5.41, 5.74) is 5.06. The van der Waals surface area contributed by atoms with E-state index in [1.54, 1.807) is 17.2 Å². The molecule has 0 aliphatic carbocycles. The molecule has 4 rings (SSSR count).